The van der Waals surface area contributed by atoms with Gasteiger partial charge >= 0.3 is 12.1 Å². The van der Waals surface area contributed by atoms with Gasteiger partial charge in [0.25, 0.3) is 0 Å². The number of carbonyl (C=O) groups is 1. The van der Waals surface area contributed by atoms with Crippen molar-refractivity contribution in [2.24, 2.45) is 5.92 Å². The number of hydrogen-bond donors (Lipinski definition) is 2. The standard InChI is InChI=1S/C9H12N2.C2HF3O2/c1-2-4-11-9(3-1)5-8-6-10-7-8;3-2(4,5)1(6)7/h1-4,8,10H,5-7H2;(H,6,7). The van der Waals surface area contributed by atoms with Crippen LogP contribution in [0.3, 0.4) is 0 Å². The van der Waals surface area contributed by atoms with E-state index in [1.165, 1.54) is 5.69 Å². The van der Waals surface area contributed by atoms with Crippen LogP contribution in [0.4, 0.5) is 13.2 Å². The van der Waals surface area contributed by atoms with E-state index in [9.17, 15) is 13.2 Å². The van der Waals surface area contributed by atoms with E-state index in [4.69, 9.17) is 9.90 Å². The topological polar surface area (TPSA) is 62.2 Å². The first-order valence-electron chi connectivity index (χ1n) is 5.30. The third kappa shape index (κ3) is 5.13. The zero-order valence-electron chi connectivity index (χ0n) is 9.44. The predicted octanol–water partition coefficient (Wildman–Crippen LogP) is 1.48. The van der Waals surface area contributed by atoms with Crippen molar-refractivity contribution in [1.29, 1.82) is 0 Å². The molecule has 1 aliphatic rings. The largest absolute Gasteiger partial charge is 0.490 e. The molecule has 2 rings (SSSR count). The molecule has 0 aliphatic carbocycles. The molecule has 0 aromatic carbocycles. The van der Waals surface area contributed by atoms with E-state index in [0.29, 0.717) is 0 Å². The number of rotatable bonds is 2. The molecule has 2 N–H and O–H groups in total. The van der Waals surface area contributed by atoms with Crippen molar-refractivity contribution in [3.63, 3.8) is 0 Å². The average molecular weight is 262 g/mol. The van der Waals surface area contributed by atoms with Crippen LogP contribution in [0.1, 0.15) is 5.69 Å². The van der Waals surface area contributed by atoms with Crippen LogP contribution >= 0.6 is 0 Å². The lowest BCUT2D eigenvalue weighted by atomic mass is 9.97. The fraction of sp³-hybridized carbons (Fsp3) is 0.455. The molecule has 0 amide bonds. The number of alkyl halides is 3. The zero-order valence-corrected chi connectivity index (χ0v) is 9.44. The summed E-state index contributed by atoms with van der Waals surface area (Å²) in [6.07, 6.45) is -2.09. The second kappa shape index (κ2) is 6.34. The van der Waals surface area contributed by atoms with Crippen LogP contribution in [0.15, 0.2) is 24.4 Å². The summed E-state index contributed by atoms with van der Waals surface area (Å²) in [4.78, 5) is 13.2. The van der Waals surface area contributed by atoms with Gasteiger partial charge in [-0.15, -0.1) is 0 Å². The summed E-state index contributed by atoms with van der Waals surface area (Å²) in [6, 6.07) is 6.11. The van der Waals surface area contributed by atoms with Crippen LogP contribution in [0, 0.1) is 5.92 Å². The maximum atomic E-state index is 10.6. The molecular weight excluding hydrogens is 249 g/mol. The average Bonchev–Trinajstić information content (AvgIpc) is 2.25. The maximum Gasteiger partial charge on any atom is 0.490 e. The third-order valence-corrected chi connectivity index (χ3v) is 2.33. The molecule has 0 atom stereocenters. The Kier molecular flexibility index (Phi) is 5.08. The van der Waals surface area contributed by atoms with Crippen molar-refractivity contribution in [2.45, 2.75) is 12.6 Å². The Morgan fingerprint density at radius 3 is 2.39 bits per heavy atom. The summed E-state index contributed by atoms with van der Waals surface area (Å²) in [6.45, 7) is 2.33. The van der Waals surface area contributed by atoms with Crippen LogP contribution in [-0.4, -0.2) is 35.3 Å². The number of nitrogens with zero attached hydrogens (tertiary/aromatic N) is 1. The second-order valence-electron chi connectivity index (χ2n) is 3.85. The van der Waals surface area contributed by atoms with E-state index < -0.39 is 12.1 Å². The van der Waals surface area contributed by atoms with Crippen LogP contribution in [0.5, 0.6) is 0 Å². The van der Waals surface area contributed by atoms with Crippen LogP contribution in [0.2, 0.25) is 0 Å². The van der Waals surface area contributed by atoms with E-state index in [0.717, 1.165) is 25.4 Å². The number of carboxylic acid groups (broad SMARTS) is 1. The lowest BCUT2D eigenvalue weighted by Crippen LogP contribution is -2.43. The monoisotopic (exact) mass is 262 g/mol. The summed E-state index contributed by atoms with van der Waals surface area (Å²) in [5.74, 6) is -1.93. The predicted molar refractivity (Wildman–Crippen MR) is 58.0 cm³/mol. The van der Waals surface area contributed by atoms with E-state index in [-0.39, 0.29) is 0 Å². The Labute approximate surface area is 102 Å². The van der Waals surface area contributed by atoms with Gasteiger partial charge in [0.1, 0.15) is 0 Å². The number of carboxylic acids is 1. The van der Waals surface area contributed by atoms with Gasteiger partial charge in [-0.05, 0) is 37.6 Å². The maximum absolute atomic E-state index is 10.6. The Balaban J connectivity index is 0.000000203. The summed E-state index contributed by atoms with van der Waals surface area (Å²) in [5.41, 5.74) is 1.22. The zero-order chi connectivity index (χ0) is 13.6. The first kappa shape index (κ1) is 14.4. The van der Waals surface area contributed by atoms with Gasteiger partial charge in [-0.2, -0.15) is 13.2 Å². The molecule has 0 bridgehead atoms. The minimum atomic E-state index is -5.08. The molecule has 1 aromatic heterocycles. The molecular formula is C11H13F3N2O2. The highest BCUT2D eigenvalue weighted by molar-refractivity contribution is 5.73. The van der Waals surface area contributed by atoms with Crippen molar-refractivity contribution < 1.29 is 23.1 Å². The molecule has 1 aliphatic heterocycles. The van der Waals surface area contributed by atoms with Gasteiger partial charge in [-0.1, -0.05) is 6.07 Å². The lowest BCUT2D eigenvalue weighted by molar-refractivity contribution is -0.192. The van der Waals surface area contributed by atoms with Crippen LogP contribution in [0.25, 0.3) is 0 Å². The van der Waals surface area contributed by atoms with E-state index in [1.54, 1.807) is 0 Å². The molecule has 1 fully saturated rings. The van der Waals surface area contributed by atoms with Gasteiger partial charge in [0.15, 0.2) is 0 Å². The number of aliphatic carboxylic acids is 1. The Morgan fingerprint density at radius 1 is 1.44 bits per heavy atom. The number of hydrogen-bond acceptors (Lipinski definition) is 3. The minimum absolute atomic E-state index is 0.824. The fourth-order valence-corrected chi connectivity index (χ4v) is 1.31. The molecule has 100 valence electrons. The van der Waals surface area contributed by atoms with Gasteiger partial charge < -0.3 is 10.4 Å². The number of nitrogens with one attached hydrogen (secondary N) is 1. The van der Waals surface area contributed by atoms with Crippen molar-refractivity contribution in [2.75, 3.05) is 13.1 Å². The Bertz CT molecular complexity index is 378. The lowest BCUT2D eigenvalue weighted by Gasteiger charge is -2.26. The molecule has 0 spiro atoms. The fourth-order valence-electron chi connectivity index (χ4n) is 1.31. The summed E-state index contributed by atoms with van der Waals surface area (Å²) >= 11 is 0. The van der Waals surface area contributed by atoms with Crippen molar-refractivity contribution in [3.05, 3.63) is 30.1 Å². The first-order chi connectivity index (χ1) is 8.39. The van der Waals surface area contributed by atoms with Crippen molar-refractivity contribution in [3.8, 4) is 0 Å². The highest BCUT2D eigenvalue weighted by atomic mass is 19.4. The second-order valence-corrected chi connectivity index (χ2v) is 3.85. The van der Waals surface area contributed by atoms with Gasteiger partial charge in [-0.25, -0.2) is 4.79 Å². The Morgan fingerprint density at radius 2 is 2.06 bits per heavy atom. The molecule has 18 heavy (non-hydrogen) atoms. The highest BCUT2D eigenvalue weighted by Gasteiger charge is 2.38. The first-order valence-corrected chi connectivity index (χ1v) is 5.30. The molecule has 2 heterocycles. The quantitative estimate of drug-likeness (QED) is 0.847. The SMILES string of the molecule is O=C(O)C(F)(F)F.c1ccc(CC2CNC2)nc1. The minimum Gasteiger partial charge on any atom is -0.475 e. The summed E-state index contributed by atoms with van der Waals surface area (Å²) < 4.78 is 31.7. The highest BCUT2D eigenvalue weighted by Crippen LogP contribution is 2.13. The molecule has 7 heteroatoms. The number of aromatic nitrogens is 1. The van der Waals surface area contributed by atoms with Crippen LogP contribution < -0.4 is 5.32 Å². The van der Waals surface area contributed by atoms with Crippen molar-refractivity contribution in [1.82, 2.24) is 10.3 Å². The molecule has 0 saturated carbocycles. The van der Waals surface area contributed by atoms with Crippen LogP contribution in [-0.2, 0) is 11.2 Å². The number of pyridine rings is 1. The molecule has 0 radical (unpaired) electrons. The van der Waals surface area contributed by atoms with Gasteiger partial charge in [0.05, 0.1) is 0 Å². The van der Waals surface area contributed by atoms with Gasteiger partial charge in [0.2, 0.25) is 0 Å². The number of halogens is 3. The third-order valence-electron chi connectivity index (χ3n) is 2.33. The van der Waals surface area contributed by atoms with E-state index in [2.05, 4.69) is 22.4 Å². The Hall–Kier alpha value is -1.63. The summed E-state index contributed by atoms with van der Waals surface area (Å²) in [7, 11) is 0. The van der Waals surface area contributed by atoms with E-state index >= 15 is 0 Å². The normalized spacial score (nSPS) is 15.3. The van der Waals surface area contributed by atoms with Gasteiger partial charge in [-0.3, -0.25) is 4.98 Å². The molecule has 0 unspecified atom stereocenters. The smallest absolute Gasteiger partial charge is 0.475 e. The summed E-state index contributed by atoms with van der Waals surface area (Å²) in [5, 5.41) is 10.4. The molecule has 4 nitrogen and oxygen atoms in total. The molecule has 1 saturated heterocycles. The van der Waals surface area contributed by atoms with Crippen molar-refractivity contribution >= 4 is 5.97 Å². The molecule has 1 aromatic rings. The van der Waals surface area contributed by atoms with E-state index in [1.807, 2.05) is 12.3 Å². The van der Waals surface area contributed by atoms with Gasteiger partial charge in [0, 0.05) is 11.9 Å².